The molecule has 1 aromatic heterocycles. The number of carbonyl (C=O) groups is 1. The second-order valence-corrected chi connectivity index (χ2v) is 3.65. The van der Waals surface area contributed by atoms with Crippen molar-refractivity contribution in [2.24, 2.45) is 5.92 Å². The summed E-state index contributed by atoms with van der Waals surface area (Å²) < 4.78 is 0. The fraction of sp³-hybridized carbons (Fsp3) is 0.400. The third kappa shape index (κ3) is 1.69. The van der Waals surface area contributed by atoms with Gasteiger partial charge in [-0.2, -0.15) is 0 Å². The smallest absolute Gasteiger partial charge is 0.0921 e. The molecule has 2 unspecified atom stereocenters. The van der Waals surface area contributed by atoms with Crippen LogP contribution in [0.3, 0.4) is 0 Å². The zero-order valence-corrected chi connectivity index (χ0v) is 7.86. The van der Waals surface area contributed by atoms with Gasteiger partial charge in [-0.25, -0.2) is 4.98 Å². The highest BCUT2D eigenvalue weighted by molar-refractivity contribution is 5.83. The molecule has 1 aliphatic carbocycles. The predicted octanol–water partition coefficient (Wildman–Crippen LogP) is 0.209. The molecule has 2 atom stereocenters. The molecule has 14 heavy (non-hydrogen) atoms. The molecule has 1 saturated carbocycles. The summed E-state index contributed by atoms with van der Waals surface area (Å²) in [6, 6.07) is 0. The van der Waals surface area contributed by atoms with Gasteiger partial charge in [-0.1, -0.05) is 6.08 Å². The third-order valence-electron chi connectivity index (χ3n) is 2.54. The number of allylic oxidation sites excluding steroid dienone is 1. The molecule has 0 saturated heterocycles. The molecule has 2 rings (SSSR count). The number of aliphatic carboxylic acids is 1. The van der Waals surface area contributed by atoms with Crippen LogP contribution >= 0.6 is 0 Å². The van der Waals surface area contributed by atoms with Crippen LogP contribution in [0.2, 0.25) is 0 Å². The van der Waals surface area contributed by atoms with Crippen LogP contribution in [0, 0.1) is 5.92 Å². The van der Waals surface area contributed by atoms with Crippen LogP contribution in [-0.4, -0.2) is 15.9 Å². The maximum absolute atomic E-state index is 10.5. The number of aromatic nitrogens is 2. The molecule has 0 radical (unpaired) electrons. The van der Waals surface area contributed by atoms with Gasteiger partial charge >= 0.3 is 0 Å². The van der Waals surface area contributed by atoms with Gasteiger partial charge in [0.1, 0.15) is 0 Å². The van der Waals surface area contributed by atoms with E-state index in [1.54, 1.807) is 25.5 Å². The van der Waals surface area contributed by atoms with Gasteiger partial charge in [0.05, 0.1) is 12.3 Å². The first-order valence-electron chi connectivity index (χ1n) is 4.56. The fourth-order valence-corrected chi connectivity index (χ4v) is 1.62. The molecule has 0 amide bonds. The number of carbonyl (C=O) groups excluding carboxylic acids is 1. The molecule has 1 N–H and O–H groups in total. The van der Waals surface area contributed by atoms with Gasteiger partial charge in [0.25, 0.3) is 0 Å². The highest BCUT2D eigenvalue weighted by atomic mass is 16.4. The number of nitrogens with one attached hydrogen (secondary N) is 1. The molecule has 0 spiro atoms. The normalized spacial score (nSPS) is 26.2. The van der Waals surface area contributed by atoms with Crippen molar-refractivity contribution >= 4 is 5.97 Å². The van der Waals surface area contributed by atoms with Crippen molar-refractivity contribution in [2.75, 3.05) is 0 Å². The lowest BCUT2D eigenvalue weighted by Crippen LogP contribution is -2.23. The number of carboxylic acid groups (broad SMARTS) is 1. The van der Waals surface area contributed by atoms with Crippen LogP contribution < -0.4 is 5.11 Å². The maximum Gasteiger partial charge on any atom is 0.0921 e. The number of rotatable bonds is 3. The summed E-state index contributed by atoms with van der Waals surface area (Å²) in [5.74, 6) is -0.347. The van der Waals surface area contributed by atoms with E-state index in [1.165, 1.54) is 0 Å². The largest absolute Gasteiger partial charge is 0.545 e. The summed E-state index contributed by atoms with van der Waals surface area (Å²) in [5, 5.41) is 10.5. The Hall–Kier alpha value is -1.58. The SMILES string of the molecule is C/C(=C\C1CC1c1cnc[nH]1)C(=O)[O-]. The second kappa shape index (κ2) is 3.29. The minimum absolute atomic E-state index is 0.317. The molecule has 4 heteroatoms. The number of hydrogen-bond donors (Lipinski definition) is 1. The van der Waals surface area contributed by atoms with Gasteiger partial charge in [-0.3, -0.25) is 0 Å². The lowest BCUT2D eigenvalue weighted by molar-refractivity contribution is -0.299. The van der Waals surface area contributed by atoms with Crippen molar-refractivity contribution in [3.63, 3.8) is 0 Å². The van der Waals surface area contributed by atoms with Crippen molar-refractivity contribution in [1.82, 2.24) is 9.97 Å². The first kappa shape index (κ1) is 8.99. The van der Waals surface area contributed by atoms with Crippen molar-refractivity contribution in [3.8, 4) is 0 Å². The van der Waals surface area contributed by atoms with Gasteiger partial charge < -0.3 is 14.9 Å². The number of imidazole rings is 1. The maximum atomic E-state index is 10.5. The second-order valence-electron chi connectivity index (χ2n) is 3.65. The Morgan fingerprint density at radius 1 is 1.79 bits per heavy atom. The van der Waals surface area contributed by atoms with Gasteiger partial charge in [0.15, 0.2) is 0 Å². The molecule has 1 heterocycles. The van der Waals surface area contributed by atoms with Crippen LogP contribution in [-0.2, 0) is 4.79 Å². The van der Waals surface area contributed by atoms with Crippen LogP contribution in [0.15, 0.2) is 24.2 Å². The number of H-pyrrole nitrogens is 1. The van der Waals surface area contributed by atoms with Crippen molar-refractivity contribution < 1.29 is 9.90 Å². The van der Waals surface area contributed by atoms with Crippen molar-refractivity contribution in [2.45, 2.75) is 19.3 Å². The van der Waals surface area contributed by atoms with Crippen LogP contribution in [0.1, 0.15) is 25.0 Å². The first-order valence-corrected chi connectivity index (χ1v) is 4.56. The van der Waals surface area contributed by atoms with Gasteiger partial charge in [0.2, 0.25) is 0 Å². The number of nitrogens with zero attached hydrogens (tertiary/aromatic N) is 1. The summed E-state index contributed by atoms with van der Waals surface area (Å²) in [4.78, 5) is 17.4. The standard InChI is InChI=1S/C10H12N2O2/c1-6(10(13)14)2-7-3-8(7)9-4-11-5-12-9/h2,4-5,7-8H,3H2,1H3,(H,11,12)(H,13,14)/p-1/b6-2+. The van der Waals surface area contributed by atoms with E-state index >= 15 is 0 Å². The number of hydrogen-bond acceptors (Lipinski definition) is 3. The predicted molar refractivity (Wildman–Crippen MR) is 48.2 cm³/mol. The molecule has 1 fully saturated rings. The van der Waals surface area contributed by atoms with Gasteiger partial charge in [-0.15, -0.1) is 0 Å². The Balaban J connectivity index is 2.00. The van der Waals surface area contributed by atoms with E-state index < -0.39 is 5.97 Å². The third-order valence-corrected chi connectivity index (χ3v) is 2.54. The van der Waals surface area contributed by atoms with E-state index in [0.717, 1.165) is 12.1 Å². The van der Waals surface area contributed by atoms with E-state index in [1.807, 2.05) is 0 Å². The summed E-state index contributed by atoms with van der Waals surface area (Å²) in [6.07, 6.45) is 6.18. The summed E-state index contributed by atoms with van der Waals surface area (Å²) in [5.41, 5.74) is 1.40. The van der Waals surface area contributed by atoms with E-state index in [2.05, 4.69) is 9.97 Å². The molecule has 4 nitrogen and oxygen atoms in total. The van der Waals surface area contributed by atoms with E-state index in [0.29, 0.717) is 17.4 Å². The topological polar surface area (TPSA) is 68.8 Å². The summed E-state index contributed by atoms with van der Waals surface area (Å²) >= 11 is 0. The fourth-order valence-electron chi connectivity index (χ4n) is 1.62. The molecule has 1 aromatic rings. The van der Waals surface area contributed by atoms with Gasteiger partial charge in [-0.05, 0) is 24.8 Å². The summed E-state index contributed by atoms with van der Waals surface area (Å²) in [7, 11) is 0. The summed E-state index contributed by atoms with van der Waals surface area (Å²) in [6.45, 7) is 1.57. The molecular formula is C10H11N2O2-. The zero-order valence-electron chi connectivity index (χ0n) is 7.86. The molecule has 0 aromatic carbocycles. The molecule has 74 valence electrons. The highest BCUT2D eigenvalue weighted by Crippen LogP contribution is 2.47. The van der Waals surface area contributed by atoms with E-state index in [9.17, 15) is 9.90 Å². The Labute approximate surface area is 81.7 Å². The van der Waals surface area contributed by atoms with Crippen molar-refractivity contribution in [1.29, 1.82) is 0 Å². The van der Waals surface area contributed by atoms with Gasteiger partial charge in [0, 0.05) is 17.8 Å². The number of carboxylic acids is 1. The first-order chi connectivity index (χ1) is 6.68. The van der Waals surface area contributed by atoms with E-state index in [-0.39, 0.29) is 0 Å². The number of aromatic amines is 1. The zero-order chi connectivity index (χ0) is 10.1. The molecule has 0 bridgehead atoms. The Morgan fingerprint density at radius 2 is 2.57 bits per heavy atom. The molecular weight excluding hydrogens is 180 g/mol. The minimum Gasteiger partial charge on any atom is -0.545 e. The molecule has 0 aliphatic heterocycles. The quantitative estimate of drug-likeness (QED) is 0.694. The Morgan fingerprint density at radius 3 is 3.14 bits per heavy atom. The Bertz CT molecular complexity index is 367. The molecule has 1 aliphatic rings. The van der Waals surface area contributed by atoms with Crippen LogP contribution in [0.25, 0.3) is 0 Å². The lowest BCUT2D eigenvalue weighted by atomic mass is 10.2. The van der Waals surface area contributed by atoms with Crippen molar-refractivity contribution in [3.05, 3.63) is 29.9 Å². The Kier molecular flexibility index (Phi) is 2.11. The van der Waals surface area contributed by atoms with Crippen LogP contribution in [0.4, 0.5) is 0 Å². The monoisotopic (exact) mass is 191 g/mol. The van der Waals surface area contributed by atoms with E-state index in [4.69, 9.17) is 0 Å². The average Bonchev–Trinajstić information content (AvgIpc) is 2.70. The lowest BCUT2D eigenvalue weighted by Gasteiger charge is -2.00. The van der Waals surface area contributed by atoms with Crippen LogP contribution in [0.5, 0.6) is 0 Å². The highest BCUT2D eigenvalue weighted by Gasteiger charge is 2.37. The average molecular weight is 191 g/mol. The minimum atomic E-state index is -1.08.